The van der Waals surface area contributed by atoms with Gasteiger partial charge in [0.05, 0.1) is 17.6 Å². The maximum Gasteiger partial charge on any atom is 0.293 e. The first kappa shape index (κ1) is 13.0. The van der Waals surface area contributed by atoms with Gasteiger partial charge in [-0.2, -0.15) is 0 Å². The second-order valence-corrected chi connectivity index (χ2v) is 4.81. The lowest BCUT2D eigenvalue weighted by molar-refractivity contribution is -0.383. The van der Waals surface area contributed by atoms with E-state index in [4.69, 9.17) is 9.84 Å². The molecule has 0 amide bonds. The molecule has 3 rings (SSSR count). The second kappa shape index (κ2) is 4.86. The molecule has 20 heavy (non-hydrogen) atoms. The number of non-ortho nitro benzene ring substituents is 1. The van der Waals surface area contributed by atoms with Crippen molar-refractivity contribution < 1.29 is 19.9 Å². The highest BCUT2D eigenvalue weighted by Crippen LogP contribution is 2.35. The molecule has 7 nitrogen and oxygen atoms in total. The van der Waals surface area contributed by atoms with E-state index in [1.54, 1.807) is 29.0 Å². The first-order chi connectivity index (χ1) is 9.61. The molecule has 2 heterocycles. The maximum absolute atomic E-state index is 11.1. The summed E-state index contributed by atoms with van der Waals surface area (Å²) in [4.78, 5) is 10.7. The van der Waals surface area contributed by atoms with Crippen LogP contribution in [-0.4, -0.2) is 38.5 Å². The van der Waals surface area contributed by atoms with Crippen molar-refractivity contribution in [3.63, 3.8) is 0 Å². The topological polar surface area (TPSA) is 97.8 Å². The number of aliphatic hydroxyl groups is 2. The lowest BCUT2D eigenvalue weighted by Gasteiger charge is -2.14. The third-order valence-electron chi connectivity index (χ3n) is 3.61. The maximum atomic E-state index is 11.1. The molecule has 7 heteroatoms. The number of nitro benzene ring substituents is 1. The molecular weight excluding hydrogens is 264 g/mol. The van der Waals surface area contributed by atoms with Gasteiger partial charge in [0.15, 0.2) is 0 Å². The van der Waals surface area contributed by atoms with E-state index in [2.05, 4.69) is 0 Å². The third kappa shape index (κ3) is 1.96. The van der Waals surface area contributed by atoms with E-state index in [1.165, 1.54) is 6.07 Å². The quantitative estimate of drug-likeness (QED) is 0.649. The molecule has 1 saturated heterocycles. The summed E-state index contributed by atoms with van der Waals surface area (Å²) in [5.74, 6) is 0. The van der Waals surface area contributed by atoms with Crippen molar-refractivity contribution in [1.29, 1.82) is 0 Å². The summed E-state index contributed by atoms with van der Waals surface area (Å²) in [7, 11) is 0. The van der Waals surface area contributed by atoms with Crippen LogP contribution in [0.15, 0.2) is 30.5 Å². The van der Waals surface area contributed by atoms with Gasteiger partial charge in [0, 0.05) is 24.1 Å². The van der Waals surface area contributed by atoms with Crippen molar-refractivity contribution in [3.8, 4) is 0 Å². The Hall–Kier alpha value is -1.96. The van der Waals surface area contributed by atoms with Crippen LogP contribution in [0.5, 0.6) is 0 Å². The predicted molar refractivity (Wildman–Crippen MR) is 70.2 cm³/mol. The summed E-state index contributed by atoms with van der Waals surface area (Å²) >= 11 is 0. The summed E-state index contributed by atoms with van der Waals surface area (Å²) in [6, 6.07) is 6.62. The van der Waals surface area contributed by atoms with E-state index in [-0.39, 0.29) is 12.3 Å². The molecule has 0 aliphatic carbocycles. The average molecular weight is 278 g/mol. The van der Waals surface area contributed by atoms with E-state index in [0.717, 1.165) is 5.39 Å². The van der Waals surface area contributed by atoms with Crippen molar-refractivity contribution in [1.82, 2.24) is 4.57 Å². The Morgan fingerprint density at radius 3 is 2.90 bits per heavy atom. The van der Waals surface area contributed by atoms with Crippen LogP contribution in [0.25, 0.3) is 10.9 Å². The zero-order chi connectivity index (χ0) is 14.3. The number of para-hydroxylation sites is 1. The Morgan fingerprint density at radius 1 is 1.45 bits per heavy atom. The van der Waals surface area contributed by atoms with E-state index in [0.29, 0.717) is 11.9 Å². The van der Waals surface area contributed by atoms with Gasteiger partial charge in [0.2, 0.25) is 0 Å². The molecule has 106 valence electrons. The van der Waals surface area contributed by atoms with Gasteiger partial charge in [0.1, 0.15) is 17.8 Å². The number of rotatable bonds is 3. The molecule has 1 aliphatic heterocycles. The van der Waals surface area contributed by atoms with Gasteiger partial charge in [-0.1, -0.05) is 12.1 Å². The van der Waals surface area contributed by atoms with E-state index >= 15 is 0 Å². The number of aromatic nitrogens is 1. The highest BCUT2D eigenvalue weighted by Gasteiger charge is 2.35. The fourth-order valence-corrected chi connectivity index (χ4v) is 2.64. The Labute approximate surface area is 114 Å². The van der Waals surface area contributed by atoms with Crippen LogP contribution in [0.4, 0.5) is 5.69 Å². The second-order valence-electron chi connectivity index (χ2n) is 4.81. The van der Waals surface area contributed by atoms with Crippen molar-refractivity contribution in [2.45, 2.75) is 24.9 Å². The predicted octanol–water partition coefficient (Wildman–Crippen LogP) is 1.19. The monoisotopic (exact) mass is 278 g/mol. The van der Waals surface area contributed by atoms with E-state index in [9.17, 15) is 15.2 Å². The molecular formula is C13H14N2O5. The fourth-order valence-electron chi connectivity index (χ4n) is 2.64. The Balaban J connectivity index is 2.07. The van der Waals surface area contributed by atoms with Gasteiger partial charge in [-0.3, -0.25) is 10.1 Å². The molecule has 0 saturated carbocycles. The van der Waals surface area contributed by atoms with E-state index < -0.39 is 23.4 Å². The largest absolute Gasteiger partial charge is 0.394 e. The SMILES string of the molecule is O=[N+]([O-])c1cccc2ccn([C@H]3CC(O)[C@@H](CO)O3)c12. The number of aliphatic hydroxyl groups excluding tert-OH is 2. The molecule has 0 bridgehead atoms. The molecule has 2 aromatic rings. The molecule has 0 radical (unpaired) electrons. The lowest BCUT2D eigenvalue weighted by Crippen LogP contribution is -2.24. The number of nitrogens with zero attached hydrogens (tertiary/aromatic N) is 2. The Morgan fingerprint density at radius 2 is 2.25 bits per heavy atom. The van der Waals surface area contributed by atoms with Crippen LogP contribution in [-0.2, 0) is 4.74 Å². The molecule has 3 atom stereocenters. The third-order valence-corrected chi connectivity index (χ3v) is 3.61. The summed E-state index contributed by atoms with van der Waals surface area (Å²) in [6.07, 6.45) is 0.0572. The van der Waals surface area contributed by atoms with Crippen molar-refractivity contribution in [2.24, 2.45) is 0 Å². The highest BCUT2D eigenvalue weighted by atomic mass is 16.6. The minimum absolute atomic E-state index is 0.00182. The molecule has 1 aliphatic rings. The molecule has 0 spiro atoms. The standard InChI is InChI=1S/C13H14N2O5/c16-7-11-10(17)6-12(20-11)14-5-4-8-2-1-3-9(13(8)14)15(18)19/h1-5,10-12,16-17H,6-7H2/t10?,11-,12-/m1/s1. The van der Waals surface area contributed by atoms with Crippen molar-refractivity contribution in [2.75, 3.05) is 6.61 Å². The molecule has 1 aromatic heterocycles. The Bertz CT molecular complexity index is 653. The number of ether oxygens (including phenoxy) is 1. The fraction of sp³-hybridized carbons (Fsp3) is 0.385. The summed E-state index contributed by atoms with van der Waals surface area (Å²) < 4.78 is 7.20. The van der Waals surface area contributed by atoms with Crippen LogP contribution in [0.2, 0.25) is 0 Å². The molecule has 2 N–H and O–H groups in total. The first-order valence-electron chi connectivity index (χ1n) is 6.30. The highest BCUT2D eigenvalue weighted by molar-refractivity contribution is 5.88. The van der Waals surface area contributed by atoms with Crippen LogP contribution >= 0.6 is 0 Å². The summed E-state index contributed by atoms with van der Waals surface area (Å²) in [6.45, 7) is -0.279. The van der Waals surface area contributed by atoms with Gasteiger partial charge in [-0.25, -0.2) is 0 Å². The molecule has 1 unspecified atom stereocenters. The van der Waals surface area contributed by atoms with Crippen molar-refractivity contribution >= 4 is 16.6 Å². The molecule has 1 aromatic carbocycles. The first-order valence-corrected chi connectivity index (χ1v) is 6.30. The van der Waals surface area contributed by atoms with Gasteiger partial charge in [0.25, 0.3) is 5.69 Å². The zero-order valence-corrected chi connectivity index (χ0v) is 10.5. The molecule has 1 fully saturated rings. The van der Waals surface area contributed by atoms with E-state index in [1.807, 2.05) is 0 Å². The van der Waals surface area contributed by atoms with Gasteiger partial charge in [-0.05, 0) is 6.07 Å². The Kier molecular flexibility index (Phi) is 3.17. The minimum atomic E-state index is -0.773. The smallest absolute Gasteiger partial charge is 0.293 e. The number of hydrogen-bond acceptors (Lipinski definition) is 5. The van der Waals surface area contributed by atoms with Crippen LogP contribution in [0, 0.1) is 10.1 Å². The number of benzene rings is 1. The summed E-state index contributed by atoms with van der Waals surface area (Å²) in [5.41, 5.74) is 0.464. The van der Waals surface area contributed by atoms with Gasteiger partial charge in [-0.15, -0.1) is 0 Å². The normalized spacial score (nSPS) is 26.2. The van der Waals surface area contributed by atoms with Crippen molar-refractivity contribution in [3.05, 3.63) is 40.6 Å². The number of nitro groups is 1. The van der Waals surface area contributed by atoms with Gasteiger partial charge < -0.3 is 19.5 Å². The minimum Gasteiger partial charge on any atom is -0.394 e. The summed E-state index contributed by atoms with van der Waals surface area (Å²) in [5, 5.41) is 30.7. The van der Waals surface area contributed by atoms with Gasteiger partial charge >= 0.3 is 0 Å². The van der Waals surface area contributed by atoms with Crippen LogP contribution in [0.1, 0.15) is 12.6 Å². The number of fused-ring (bicyclic) bond motifs is 1. The average Bonchev–Trinajstić information content (AvgIpc) is 3.01. The van der Waals surface area contributed by atoms with Crippen LogP contribution < -0.4 is 0 Å². The van der Waals surface area contributed by atoms with Crippen LogP contribution in [0.3, 0.4) is 0 Å². The number of hydrogen-bond donors (Lipinski definition) is 2. The zero-order valence-electron chi connectivity index (χ0n) is 10.5. The lowest BCUT2D eigenvalue weighted by atomic mass is 10.2.